The van der Waals surface area contributed by atoms with Gasteiger partial charge in [-0.05, 0) is 50.6 Å². The molecule has 2 amide bonds. The first-order valence-corrected chi connectivity index (χ1v) is 15.2. The standard InChI is InChI=1S/C29H28F3N3O5S2/c1-4-33(5-2)17-13-11-16(12-14-17)21-22-23(41-27-24(21)42-28(39)34(27)15-20(36)40-6-3)26(38)35(25(22)37)19-10-8-7-9-18(19)29(30,31)32/h7-14,21-23H,4-6,15H2,1-3H3/t21-,22?,23?/m1/s1. The Morgan fingerprint density at radius 2 is 1.64 bits per heavy atom. The smallest absolute Gasteiger partial charge is 0.418 e. The summed E-state index contributed by atoms with van der Waals surface area (Å²) in [6, 6.07) is 11.9. The van der Waals surface area contributed by atoms with Crippen molar-refractivity contribution < 1.29 is 32.3 Å². The lowest BCUT2D eigenvalue weighted by molar-refractivity contribution is -0.144. The van der Waals surface area contributed by atoms with Crippen LogP contribution in [0.1, 0.15) is 42.7 Å². The van der Waals surface area contributed by atoms with Crippen LogP contribution in [0.3, 0.4) is 0 Å². The van der Waals surface area contributed by atoms with E-state index in [1.807, 2.05) is 38.1 Å². The monoisotopic (exact) mass is 619 g/mol. The van der Waals surface area contributed by atoms with E-state index in [9.17, 15) is 32.3 Å². The van der Waals surface area contributed by atoms with Gasteiger partial charge in [0.05, 0.1) is 28.8 Å². The molecule has 2 aliphatic rings. The van der Waals surface area contributed by atoms with Crippen LogP contribution in [0.25, 0.3) is 0 Å². The lowest BCUT2D eigenvalue weighted by Crippen LogP contribution is -2.33. The predicted octanol–water partition coefficient (Wildman–Crippen LogP) is 5.13. The highest BCUT2D eigenvalue weighted by Crippen LogP contribution is 2.54. The number of anilines is 2. The second kappa shape index (κ2) is 11.6. The molecule has 0 aliphatic carbocycles. The number of alkyl halides is 3. The summed E-state index contributed by atoms with van der Waals surface area (Å²) in [5, 5.41) is -0.773. The first-order chi connectivity index (χ1) is 20.0. The zero-order valence-corrected chi connectivity index (χ0v) is 24.6. The number of carbonyl (C=O) groups excluding carboxylic acids is 3. The molecule has 3 aromatic rings. The third kappa shape index (κ3) is 5.13. The number of thiazole rings is 1. The van der Waals surface area contributed by atoms with E-state index < -0.39 is 57.2 Å². The summed E-state index contributed by atoms with van der Waals surface area (Å²) in [5.74, 6) is -4.07. The molecule has 13 heteroatoms. The number of hydrogen-bond donors (Lipinski definition) is 0. The lowest BCUT2D eigenvalue weighted by atomic mass is 9.83. The fraction of sp³-hybridized carbons (Fsp3) is 0.379. The summed E-state index contributed by atoms with van der Waals surface area (Å²) in [6.45, 7) is 6.93. The van der Waals surface area contributed by atoms with Crippen molar-refractivity contribution in [2.75, 3.05) is 29.5 Å². The van der Waals surface area contributed by atoms with Gasteiger partial charge in [-0.15, -0.1) is 0 Å². The number of ether oxygens (including phenoxy) is 1. The Morgan fingerprint density at radius 3 is 2.26 bits per heavy atom. The summed E-state index contributed by atoms with van der Waals surface area (Å²) in [5.41, 5.74) is -0.0465. The predicted molar refractivity (Wildman–Crippen MR) is 154 cm³/mol. The number of benzene rings is 2. The molecule has 0 spiro atoms. The summed E-state index contributed by atoms with van der Waals surface area (Å²) < 4.78 is 48.1. The molecule has 5 rings (SSSR count). The van der Waals surface area contributed by atoms with Crippen molar-refractivity contribution in [1.29, 1.82) is 0 Å². The van der Waals surface area contributed by atoms with Crippen molar-refractivity contribution in [3.05, 3.63) is 74.2 Å². The van der Waals surface area contributed by atoms with Gasteiger partial charge >= 0.3 is 17.0 Å². The number of halogens is 3. The molecule has 2 aromatic carbocycles. The molecule has 1 fully saturated rings. The number of esters is 1. The van der Waals surface area contributed by atoms with E-state index >= 15 is 0 Å². The highest BCUT2D eigenvalue weighted by Gasteiger charge is 2.57. The molecule has 2 aliphatic heterocycles. The van der Waals surface area contributed by atoms with Gasteiger partial charge in [0.1, 0.15) is 11.8 Å². The number of rotatable bonds is 8. The molecule has 1 aromatic heterocycles. The summed E-state index contributed by atoms with van der Waals surface area (Å²) in [6.07, 6.45) is -4.80. The van der Waals surface area contributed by atoms with Gasteiger partial charge in [0, 0.05) is 29.6 Å². The maximum Gasteiger partial charge on any atom is 0.418 e. The van der Waals surface area contributed by atoms with Crippen LogP contribution >= 0.6 is 23.1 Å². The van der Waals surface area contributed by atoms with E-state index in [1.165, 1.54) is 16.7 Å². The van der Waals surface area contributed by atoms with Gasteiger partial charge in [-0.25, -0.2) is 4.90 Å². The molecule has 3 heterocycles. The average Bonchev–Trinajstić information content (AvgIpc) is 3.40. The Bertz CT molecular complexity index is 1580. The second-order valence-electron chi connectivity index (χ2n) is 9.76. The van der Waals surface area contributed by atoms with Crippen LogP contribution in [-0.2, 0) is 31.8 Å². The lowest BCUT2D eigenvalue weighted by Gasteiger charge is -2.31. The van der Waals surface area contributed by atoms with Gasteiger partial charge in [-0.1, -0.05) is 47.4 Å². The molecular weight excluding hydrogens is 591 g/mol. The number of imide groups is 1. The van der Waals surface area contributed by atoms with Crippen molar-refractivity contribution in [2.45, 2.75) is 49.7 Å². The van der Waals surface area contributed by atoms with Gasteiger partial charge in [0.15, 0.2) is 0 Å². The van der Waals surface area contributed by atoms with Crippen molar-refractivity contribution in [3.63, 3.8) is 0 Å². The van der Waals surface area contributed by atoms with Crippen LogP contribution < -0.4 is 14.7 Å². The number of hydrogen-bond acceptors (Lipinski definition) is 8. The minimum Gasteiger partial charge on any atom is -0.465 e. The van der Waals surface area contributed by atoms with E-state index in [4.69, 9.17) is 4.74 Å². The topological polar surface area (TPSA) is 88.9 Å². The minimum atomic E-state index is -4.80. The Morgan fingerprint density at radius 1 is 0.976 bits per heavy atom. The van der Waals surface area contributed by atoms with Crippen LogP contribution in [0.5, 0.6) is 0 Å². The Labute approximate surface area is 248 Å². The van der Waals surface area contributed by atoms with Gasteiger partial charge in [-0.2, -0.15) is 13.2 Å². The zero-order valence-electron chi connectivity index (χ0n) is 23.0. The average molecular weight is 620 g/mol. The second-order valence-corrected chi connectivity index (χ2v) is 11.9. The summed E-state index contributed by atoms with van der Waals surface area (Å²) in [7, 11) is 0. The minimum absolute atomic E-state index is 0.111. The van der Waals surface area contributed by atoms with E-state index in [2.05, 4.69) is 4.90 Å². The Hall–Kier alpha value is -3.58. The molecule has 0 radical (unpaired) electrons. The maximum absolute atomic E-state index is 14.0. The number of carbonyl (C=O) groups is 3. The summed E-state index contributed by atoms with van der Waals surface area (Å²) >= 11 is 1.80. The normalized spacial score (nSPS) is 20.0. The number of nitrogens with zero attached hydrogens (tertiary/aromatic N) is 3. The van der Waals surface area contributed by atoms with E-state index in [0.717, 1.165) is 54.0 Å². The van der Waals surface area contributed by atoms with Crippen molar-refractivity contribution in [1.82, 2.24) is 4.57 Å². The number of para-hydroxylation sites is 1. The quantitative estimate of drug-likeness (QED) is 0.255. The molecule has 222 valence electrons. The third-order valence-corrected chi connectivity index (χ3v) is 10.1. The molecule has 2 unspecified atom stereocenters. The van der Waals surface area contributed by atoms with Crippen LogP contribution in [-0.4, -0.2) is 47.3 Å². The molecule has 8 nitrogen and oxygen atoms in total. The fourth-order valence-electron chi connectivity index (χ4n) is 5.58. The SMILES string of the molecule is CCOC(=O)Cn1c2c(sc1=O)[C@H](c1ccc(N(CC)CC)cc1)C1C(=O)N(c3ccccc3C(F)(F)F)C(=O)C1S2. The van der Waals surface area contributed by atoms with E-state index in [0.29, 0.717) is 20.4 Å². The highest BCUT2D eigenvalue weighted by atomic mass is 32.2. The molecular formula is C29H28F3N3O5S2. The van der Waals surface area contributed by atoms with Crippen molar-refractivity contribution >= 4 is 52.3 Å². The zero-order chi connectivity index (χ0) is 30.3. The number of amides is 2. The van der Waals surface area contributed by atoms with Crippen LogP contribution in [0.15, 0.2) is 58.4 Å². The van der Waals surface area contributed by atoms with E-state index in [1.54, 1.807) is 6.92 Å². The number of thioether (sulfide) groups is 1. The maximum atomic E-state index is 14.0. The largest absolute Gasteiger partial charge is 0.465 e. The first-order valence-electron chi connectivity index (χ1n) is 13.5. The van der Waals surface area contributed by atoms with E-state index in [-0.39, 0.29) is 13.2 Å². The van der Waals surface area contributed by atoms with Gasteiger partial charge < -0.3 is 9.64 Å². The van der Waals surface area contributed by atoms with Crippen molar-refractivity contribution in [2.24, 2.45) is 5.92 Å². The molecule has 3 atom stereocenters. The van der Waals surface area contributed by atoms with Crippen LogP contribution in [0.4, 0.5) is 24.5 Å². The van der Waals surface area contributed by atoms with Gasteiger partial charge in [0.2, 0.25) is 11.8 Å². The highest BCUT2D eigenvalue weighted by molar-refractivity contribution is 8.00. The first kappa shape index (κ1) is 29.9. The van der Waals surface area contributed by atoms with Crippen LogP contribution in [0, 0.1) is 5.92 Å². The molecule has 1 saturated heterocycles. The van der Waals surface area contributed by atoms with Gasteiger partial charge in [-0.3, -0.25) is 23.7 Å². The van der Waals surface area contributed by atoms with Crippen LogP contribution in [0.2, 0.25) is 0 Å². The molecule has 0 saturated carbocycles. The Kier molecular flexibility index (Phi) is 8.26. The summed E-state index contributed by atoms with van der Waals surface area (Å²) in [4.78, 5) is 56.1. The third-order valence-electron chi connectivity index (χ3n) is 7.47. The number of aromatic nitrogens is 1. The van der Waals surface area contributed by atoms with Crippen molar-refractivity contribution in [3.8, 4) is 0 Å². The number of fused-ring (bicyclic) bond motifs is 2. The molecule has 42 heavy (non-hydrogen) atoms. The molecule has 0 N–H and O–H groups in total. The van der Waals surface area contributed by atoms with Gasteiger partial charge in [0.25, 0.3) is 0 Å². The Balaban J connectivity index is 1.65. The fourth-order valence-corrected chi connectivity index (χ4v) is 8.35. The molecule has 0 bridgehead atoms.